The molecule has 1 heterocycles. The Morgan fingerprint density at radius 1 is 1.09 bits per heavy atom. The molecule has 172 valence electrons. The predicted molar refractivity (Wildman–Crippen MR) is 111 cm³/mol. The molecule has 0 unspecified atom stereocenters. The van der Waals surface area contributed by atoms with Crippen molar-refractivity contribution in [2.45, 2.75) is 36.8 Å². The van der Waals surface area contributed by atoms with E-state index in [2.05, 4.69) is 5.32 Å². The van der Waals surface area contributed by atoms with Gasteiger partial charge in [-0.25, -0.2) is 18.0 Å². The first-order valence-electron chi connectivity index (χ1n) is 9.55. The summed E-state index contributed by atoms with van der Waals surface area (Å²) in [5.74, 6) is -5.73. The van der Waals surface area contributed by atoms with E-state index in [0.717, 1.165) is 47.5 Å². The summed E-state index contributed by atoms with van der Waals surface area (Å²) >= 11 is 1.28. The number of benzene rings is 1. The number of carbonyl (C=O) groups is 3. The maximum atomic E-state index is 12.6. The summed E-state index contributed by atoms with van der Waals surface area (Å²) in [5.41, 5.74) is 1.06. The molecule has 0 atom stereocenters. The van der Waals surface area contributed by atoms with Gasteiger partial charge in [0, 0.05) is 4.88 Å². The van der Waals surface area contributed by atoms with Crippen LogP contribution in [0.3, 0.4) is 0 Å². The number of alkyl halides is 2. The number of nitrogens with one attached hydrogen (secondary N) is 1. The van der Waals surface area contributed by atoms with Crippen LogP contribution in [-0.2, 0) is 36.9 Å². The van der Waals surface area contributed by atoms with E-state index in [1.807, 2.05) is 0 Å². The minimum atomic E-state index is -4.78. The number of carbonyl (C=O) groups excluding carboxylic acids is 3. The Balaban J connectivity index is 1.63. The molecular weight excluding hydrogens is 468 g/mol. The Bertz CT molecular complexity index is 1140. The SMILES string of the molecule is CCOC(=O)c1c(NC(=O)COC(=O)c2ccc(S(=O)(=O)C(F)F)cc2)sc2c1CCC2. The Morgan fingerprint density at radius 3 is 2.41 bits per heavy atom. The van der Waals surface area contributed by atoms with Crippen molar-refractivity contribution in [3.8, 4) is 0 Å². The fourth-order valence-corrected chi connectivity index (χ4v) is 5.19. The highest BCUT2D eigenvalue weighted by atomic mass is 32.2. The average Bonchev–Trinajstić information content (AvgIpc) is 3.32. The molecule has 1 N–H and O–H groups in total. The first-order chi connectivity index (χ1) is 15.1. The van der Waals surface area contributed by atoms with Crippen LogP contribution in [0.5, 0.6) is 0 Å². The lowest BCUT2D eigenvalue weighted by Gasteiger charge is -2.09. The summed E-state index contributed by atoms with van der Waals surface area (Å²) in [7, 11) is -4.78. The number of thiophene rings is 1. The lowest BCUT2D eigenvalue weighted by atomic mass is 10.1. The molecule has 1 amide bonds. The lowest BCUT2D eigenvalue weighted by Crippen LogP contribution is -2.22. The second kappa shape index (κ2) is 9.74. The van der Waals surface area contributed by atoms with Crippen LogP contribution in [0.25, 0.3) is 0 Å². The number of esters is 2. The molecule has 0 fully saturated rings. The van der Waals surface area contributed by atoms with Gasteiger partial charge in [0.05, 0.1) is 22.6 Å². The minimum Gasteiger partial charge on any atom is -0.462 e. The quantitative estimate of drug-likeness (QED) is 0.569. The highest BCUT2D eigenvalue weighted by Gasteiger charge is 2.29. The number of aryl methyl sites for hydroxylation is 1. The van der Waals surface area contributed by atoms with Gasteiger partial charge in [0.15, 0.2) is 6.61 Å². The summed E-state index contributed by atoms with van der Waals surface area (Å²) in [4.78, 5) is 37.0. The summed E-state index contributed by atoms with van der Waals surface area (Å²) in [6.07, 6.45) is 2.42. The second-order valence-electron chi connectivity index (χ2n) is 6.74. The molecule has 32 heavy (non-hydrogen) atoms. The number of hydrogen-bond acceptors (Lipinski definition) is 8. The molecule has 0 bridgehead atoms. The van der Waals surface area contributed by atoms with E-state index in [0.29, 0.717) is 17.0 Å². The maximum Gasteiger partial charge on any atom is 0.341 e. The van der Waals surface area contributed by atoms with Gasteiger partial charge in [-0.2, -0.15) is 8.78 Å². The number of fused-ring (bicyclic) bond motifs is 1. The molecule has 2 aromatic rings. The van der Waals surface area contributed by atoms with E-state index in [9.17, 15) is 31.6 Å². The molecule has 0 saturated carbocycles. The molecule has 8 nitrogen and oxygen atoms in total. The molecule has 0 radical (unpaired) electrons. The van der Waals surface area contributed by atoms with E-state index in [1.54, 1.807) is 6.92 Å². The van der Waals surface area contributed by atoms with Gasteiger partial charge >= 0.3 is 17.7 Å². The van der Waals surface area contributed by atoms with Gasteiger partial charge in [-0.1, -0.05) is 0 Å². The van der Waals surface area contributed by atoms with Crippen LogP contribution in [0.4, 0.5) is 13.8 Å². The van der Waals surface area contributed by atoms with Gasteiger partial charge in [0.1, 0.15) is 5.00 Å². The fourth-order valence-electron chi connectivity index (χ4n) is 3.17. The summed E-state index contributed by atoms with van der Waals surface area (Å²) in [6.45, 7) is 1.20. The van der Waals surface area contributed by atoms with Crippen molar-refractivity contribution >= 4 is 44.0 Å². The Kier molecular flexibility index (Phi) is 7.24. The fraction of sp³-hybridized carbons (Fsp3) is 0.350. The molecule has 1 aliphatic rings. The van der Waals surface area contributed by atoms with Crippen molar-refractivity contribution in [1.82, 2.24) is 0 Å². The predicted octanol–water partition coefficient (Wildman–Crippen LogP) is 3.21. The molecule has 12 heteroatoms. The number of amides is 1. The molecule has 0 aliphatic heterocycles. The van der Waals surface area contributed by atoms with Crippen LogP contribution in [0, 0.1) is 0 Å². The Labute approximate surface area is 186 Å². The Morgan fingerprint density at radius 2 is 1.78 bits per heavy atom. The second-order valence-corrected chi connectivity index (χ2v) is 9.76. The van der Waals surface area contributed by atoms with Crippen LogP contribution in [0.15, 0.2) is 29.2 Å². The largest absolute Gasteiger partial charge is 0.462 e. The van der Waals surface area contributed by atoms with Gasteiger partial charge in [0.2, 0.25) is 9.84 Å². The van der Waals surface area contributed by atoms with Crippen LogP contribution in [-0.4, -0.2) is 45.2 Å². The third kappa shape index (κ3) is 4.96. The molecule has 0 saturated heterocycles. The maximum absolute atomic E-state index is 12.6. The van der Waals surface area contributed by atoms with Crippen molar-refractivity contribution < 1.29 is 41.1 Å². The number of hydrogen-bond donors (Lipinski definition) is 1. The Hall–Kier alpha value is -2.86. The topological polar surface area (TPSA) is 116 Å². The highest BCUT2D eigenvalue weighted by molar-refractivity contribution is 7.91. The number of halogens is 2. The van der Waals surface area contributed by atoms with Crippen molar-refractivity contribution in [2.75, 3.05) is 18.5 Å². The smallest absolute Gasteiger partial charge is 0.341 e. The van der Waals surface area contributed by atoms with Gasteiger partial charge in [0.25, 0.3) is 5.91 Å². The first-order valence-corrected chi connectivity index (χ1v) is 11.9. The van der Waals surface area contributed by atoms with Crippen molar-refractivity contribution in [3.63, 3.8) is 0 Å². The van der Waals surface area contributed by atoms with E-state index in [-0.39, 0.29) is 12.2 Å². The zero-order chi connectivity index (χ0) is 23.5. The van der Waals surface area contributed by atoms with Gasteiger partial charge in [-0.15, -0.1) is 11.3 Å². The van der Waals surface area contributed by atoms with Crippen LogP contribution in [0.1, 0.15) is 44.5 Å². The van der Waals surface area contributed by atoms with E-state index in [4.69, 9.17) is 9.47 Å². The summed E-state index contributed by atoms with van der Waals surface area (Å²) in [6, 6.07) is 3.74. The van der Waals surface area contributed by atoms with Gasteiger partial charge < -0.3 is 14.8 Å². The highest BCUT2D eigenvalue weighted by Crippen LogP contribution is 2.39. The van der Waals surface area contributed by atoms with Gasteiger partial charge in [-0.05, 0) is 56.0 Å². The normalized spacial score (nSPS) is 13.0. The van der Waals surface area contributed by atoms with Gasteiger partial charge in [-0.3, -0.25) is 4.79 Å². The standard InChI is InChI=1S/C20H19F2NO7S2/c1-2-29-19(26)16-13-4-3-5-14(13)31-17(16)23-15(24)10-30-18(25)11-6-8-12(9-7-11)32(27,28)20(21)22/h6-9,20H,2-5,10H2,1H3,(H,23,24). The third-order valence-electron chi connectivity index (χ3n) is 4.64. The van der Waals surface area contributed by atoms with Crippen molar-refractivity contribution in [3.05, 3.63) is 45.8 Å². The van der Waals surface area contributed by atoms with Crippen molar-refractivity contribution in [1.29, 1.82) is 0 Å². The van der Waals surface area contributed by atoms with Crippen LogP contribution in [0.2, 0.25) is 0 Å². The molecule has 1 aromatic carbocycles. The van der Waals surface area contributed by atoms with E-state index in [1.165, 1.54) is 11.3 Å². The summed E-state index contributed by atoms with van der Waals surface area (Å²) < 4.78 is 58.0. The summed E-state index contributed by atoms with van der Waals surface area (Å²) in [5, 5.41) is 2.90. The zero-order valence-corrected chi connectivity index (χ0v) is 18.5. The number of anilines is 1. The monoisotopic (exact) mass is 487 g/mol. The van der Waals surface area contributed by atoms with Crippen molar-refractivity contribution in [2.24, 2.45) is 0 Å². The molecule has 3 rings (SSSR count). The average molecular weight is 488 g/mol. The number of ether oxygens (including phenoxy) is 2. The van der Waals surface area contributed by atoms with E-state index < -0.39 is 44.9 Å². The molecular formula is C20H19F2NO7S2. The lowest BCUT2D eigenvalue weighted by molar-refractivity contribution is -0.119. The first kappa shape index (κ1) is 23.8. The molecule has 1 aromatic heterocycles. The minimum absolute atomic E-state index is 0.117. The zero-order valence-electron chi connectivity index (χ0n) is 16.9. The molecule has 0 spiro atoms. The van der Waals surface area contributed by atoms with E-state index >= 15 is 0 Å². The molecule has 1 aliphatic carbocycles. The third-order valence-corrected chi connectivity index (χ3v) is 7.25. The number of sulfone groups is 1. The van der Waals surface area contributed by atoms with Crippen LogP contribution >= 0.6 is 11.3 Å². The van der Waals surface area contributed by atoms with Crippen LogP contribution < -0.4 is 5.32 Å². The number of rotatable bonds is 8.